The first-order chi connectivity index (χ1) is 10.7. The number of aryl methyl sites for hydroxylation is 2. The molecule has 0 bridgehead atoms. The number of rotatable bonds is 3. The van der Waals surface area contributed by atoms with Gasteiger partial charge in [-0.05, 0) is 50.2 Å². The van der Waals surface area contributed by atoms with E-state index in [1.807, 2.05) is 6.92 Å². The van der Waals surface area contributed by atoms with Gasteiger partial charge in [-0.2, -0.15) is 0 Å². The van der Waals surface area contributed by atoms with Crippen LogP contribution in [0.25, 0.3) is 0 Å². The van der Waals surface area contributed by atoms with Gasteiger partial charge in [0.15, 0.2) is 0 Å². The third-order valence-electron chi connectivity index (χ3n) is 4.69. The van der Waals surface area contributed by atoms with Crippen LogP contribution in [0.4, 0.5) is 0 Å². The second-order valence-corrected chi connectivity index (χ2v) is 6.38. The van der Waals surface area contributed by atoms with Crippen LogP contribution in [-0.2, 0) is 6.42 Å². The molecule has 114 valence electrons. The number of nitrogens with zero attached hydrogens (tertiary/aromatic N) is 2. The number of carbonyl (C=O) groups is 1. The van der Waals surface area contributed by atoms with Crippen molar-refractivity contribution in [3.8, 4) is 0 Å². The van der Waals surface area contributed by atoms with Gasteiger partial charge in [0.25, 0.3) is 5.91 Å². The second kappa shape index (κ2) is 5.27. The minimum absolute atomic E-state index is 0.00944. The van der Waals surface area contributed by atoms with E-state index in [2.05, 4.69) is 34.3 Å². The lowest BCUT2D eigenvalue weighted by Gasteiger charge is -2.35. The molecule has 0 saturated heterocycles. The molecule has 2 aromatic rings. The Morgan fingerprint density at radius 2 is 2.09 bits per heavy atom. The fraction of sp³-hybridized carbons (Fsp3) is 0.444. The smallest absolute Gasteiger partial charge is 0.293 e. The number of amides is 1. The lowest BCUT2D eigenvalue weighted by Crippen LogP contribution is -2.38. The molecule has 2 aliphatic carbocycles. The van der Waals surface area contributed by atoms with Crippen molar-refractivity contribution in [3.05, 3.63) is 52.9 Å². The van der Waals surface area contributed by atoms with E-state index in [1.165, 1.54) is 11.1 Å². The molecular weight excluding hydrogens is 276 g/mol. The summed E-state index contributed by atoms with van der Waals surface area (Å²) in [6.07, 6.45) is 5.47. The molecular formula is C18H20N2O2. The highest BCUT2D eigenvalue weighted by Crippen LogP contribution is 2.41. The number of carbonyl (C=O) groups excluding carboxylic acids is 1. The highest BCUT2D eigenvalue weighted by Gasteiger charge is 2.40. The SMILES string of the molecule is Cc1cc(C(=O)N(C2CC2)C2CCCc3ccccc32)on1. The summed E-state index contributed by atoms with van der Waals surface area (Å²) in [5, 5.41) is 3.87. The van der Waals surface area contributed by atoms with Gasteiger partial charge in [-0.15, -0.1) is 0 Å². The number of hydrogen-bond acceptors (Lipinski definition) is 3. The van der Waals surface area contributed by atoms with E-state index in [0.29, 0.717) is 11.8 Å². The quantitative estimate of drug-likeness (QED) is 0.868. The topological polar surface area (TPSA) is 46.3 Å². The van der Waals surface area contributed by atoms with Crippen LogP contribution in [0.3, 0.4) is 0 Å². The third kappa shape index (κ3) is 2.32. The van der Waals surface area contributed by atoms with Gasteiger partial charge in [0, 0.05) is 12.1 Å². The Labute approximate surface area is 130 Å². The van der Waals surface area contributed by atoms with Gasteiger partial charge in [-0.3, -0.25) is 4.79 Å². The molecule has 4 nitrogen and oxygen atoms in total. The van der Waals surface area contributed by atoms with Crippen LogP contribution in [-0.4, -0.2) is 22.0 Å². The maximum absolute atomic E-state index is 12.9. The Balaban J connectivity index is 1.70. The van der Waals surface area contributed by atoms with Crippen LogP contribution in [0.5, 0.6) is 0 Å². The first kappa shape index (κ1) is 13.6. The summed E-state index contributed by atoms with van der Waals surface area (Å²) in [7, 11) is 0. The first-order valence-electron chi connectivity index (χ1n) is 8.08. The fourth-order valence-corrected chi connectivity index (χ4v) is 3.52. The molecule has 1 heterocycles. The fourth-order valence-electron chi connectivity index (χ4n) is 3.52. The van der Waals surface area contributed by atoms with Crippen LogP contribution < -0.4 is 0 Å². The average molecular weight is 296 g/mol. The van der Waals surface area contributed by atoms with E-state index in [1.54, 1.807) is 6.07 Å². The number of hydrogen-bond donors (Lipinski definition) is 0. The van der Waals surface area contributed by atoms with E-state index in [4.69, 9.17) is 4.52 Å². The monoisotopic (exact) mass is 296 g/mol. The largest absolute Gasteiger partial charge is 0.351 e. The van der Waals surface area contributed by atoms with Crippen molar-refractivity contribution in [2.75, 3.05) is 0 Å². The van der Waals surface area contributed by atoms with Gasteiger partial charge < -0.3 is 9.42 Å². The molecule has 0 spiro atoms. The molecule has 1 saturated carbocycles. The van der Waals surface area contributed by atoms with E-state index < -0.39 is 0 Å². The predicted molar refractivity (Wildman–Crippen MR) is 82.6 cm³/mol. The molecule has 0 N–H and O–H groups in total. The van der Waals surface area contributed by atoms with Crippen LogP contribution in [0.15, 0.2) is 34.9 Å². The summed E-state index contributed by atoms with van der Waals surface area (Å²) in [5.74, 6) is 0.359. The molecule has 1 aromatic carbocycles. The van der Waals surface area contributed by atoms with Crippen LogP contribution in [0, 0.1) is 6.92 Å². The molecule has 1 fully saturated rings. The summed E-state index contributed by atoms with van der Waals surface area (Å²) in [6, 6.07) is 10.8. The van der Waals surface area contributed by atoms with E-state index >= 15 is 0 Å². The Hall–Kier alpha value is -2.10. The van der Waals surface area contributed by atoms with Gasteiger partial charge in [-0.25, -0.2) is 0 Å². The first-order valence-corrected chi connectivity index (χ1v) is 8.08. The standard InChI is InChI=1S/C18H20N2O2/c1-12-11-17(22-19-12)18(21)20(14-9-10-14)16-8-4-6-13-5-2-3-7-15(13)16/h2-3,5,7,11,14,16H,4,6,8-10H2,1H3. The summed E-state index contributed by atoms with van der Waals surface area (Å²) in [6.45, 7) is 1.84. The maximum atomic E-state index is 12.9. The third-order valence-corrected chi connectivity index (χ3v) is 4.69. The number of benzene rings is 1. The summed E-state index contributed by atoms with van der Waals surface area (Å²) < 4.78 is 5.22. The van der Waals surface area contributed by atoms with Gasteiger partial charge in [-0.1, -0.05) is 29.4 Å². The van der Waals surface area contributed by atoms with E-state index in [-0.39, 0.29) is 11.9 Å². The highest BCUT2D eigenvalue weighted by molar-refractivity contribution is 5.92. The minimum atomic E-state index is -0.00944. The number of aromatic nitrogens is 1. The molecule has 2 aliphatic rings. The van der Waals surface area contributed by atoms with Crippen LogP contribution >= 0.6 is 0 Å². The van der Waals surface area contributed by atoms with Crippen LogP contribution in [0.1, 0.15) is 59.1 Å². The van der Waals surface area contributed by atoms with Crippen molar-refractivity contribution in [1.29, 1.82) is 0 Å². The van der Waals surface area contributed by atoms with Crippen LogP contribution in [0.2, 0.25) is 0 Å². The van der Waals surface area contributed by atoms with Crippen molar-refractivity contribution in [3.63, 3.8) is 0 Å². The van der Waals surface area contributed by atoms with E-state index in [9.17, 15) is 4.79 Å². The normalized spacial score (nSPS) is 20.5. The zero-order valence-corrected chi connectivity index (χ0v) is 12.8. The molecule has 1 unspecified atom stereocenters. The summed E-state index contributed by atoms with van der Waals surface area (Å²) in [4.78, 5) is 15.0. The second-order valence-electron chi connectivity index (χ2n) is 6.38. The zero-order chi connectivity index (χ0) is 15.1. The Bertz CT molecular complexity index is 703. The summed E-state index contributed by atoms with van der Waals surface area (Å²) in [5.41, 5.74) is 3.44. The van der Waals surface area contributed by atoms with Gasteiger partial charge in [0.05, 0.1) is 11.7 Å². The molecule has 0 aliphatic heterocycles. The minimum Gasteiger partial charge on any atom is -0.351 e. The van der Waals surface area contributed by atoms with Crippen molar-refractivity contribution < 1.29 is 9.32 Å². The van der Waals surface area contributed by atoms with Crippen molar-refractivity contribution >= 4 is 5.91 Å². The molecule has 4 heteroatoms. The molecule has 4 rings (SSSR count). The van der Waals surface area contributed by atoms with Crippen molar-refractivity contribution in [2.24, 2.45) is 0 Å². The summed E-state index contributed by atoms with van der Waals surface area (Å²) >= 11 is 0. The number of fused-ring (bicyclic) bond motifs is 1. The van der Waals surface area contributed by atoms with Crippen molar-refractivity contribution in [2.45, 2.75) is 51.1 Å². The maximum Gasteiger partial charge on any atom is 0.293 e. The van der Waals surface area contributed by atoms with Gasteiger partial charge in [0.1, 0.15) is 0 Å². The van der Waals surface area contributed by atoms with Gasteiger partial charge >= 0.3 is 0 Å². The lowest BCUT2D eigenvalue weighted by atomic mass is 9.86. The lowest BCUT2D eigenvalue weighted by molar-refractivity contribution is 0.0595. The molecule has 1 amide bonds. The molecule has 1 atom stereocenters. The Morgan fingerprint density at radius 1 is 1.27 bits per heavy atom. The van der Waals surface area contributed by atoms with E-state index in [0.717, 1.165) is 37.8 Å². The molecule has 1 aromatic heterocycles. The Morgan fingerprint density at radius 3 is 2.82 bits per heavy atom. The highest BCUT2D eigenvalue weighted by atomic mass is 16.5. The van der Waals surface area contributed by atoms with Crippen molar-refractivity contribution in [1.82, 2.24) is 10.1 Å². The van der Waals surface area contributed by atoms with Gasteiger partial charge in [0.2, 0.25) is 5.76 Å². The molecule has 0 radical (unpaired) electrons. The average Bonchev–Trinajstić information content (AvgIpc) is 3.28. The zero-order valence-electron chi connectivity index (χ0n) is 12.8. The predicted octanol–water partition coefficient (Wildman–Crippen LogP) is 3.67. The Kier molecular flexibility index (Phi) is 3.25. The molecule has 22 heavy (non-hydrogen) atoms.